The lowest BCUT2D eigenvalue weighted by molar-refractivity contribution is -0.142. The normalized spacial score (nSPS) is 11.4. The van der Waals surface area contributed by atoms with Crippen molar-refractivity contribution in [2.24, 2.45) is 0 Å². The van der Waals surface area contributed by atoms with Crippen LogP contribution in [0.2, 0.25) is 0 Å². The third-order valence-electron chi connectivity index (χ3n) is 1.58. The standard InChI is InChI=1S/C9H16N2O3/c1-4-5-6-10-8(14)11-9(2,3)7(12)13/h4-5H,6H2,1-3H3,(H,12,13)(H2,10,11,14)/b5-4+. The number of allylic oxidation sites excluding steroid dienone is 1. The molecule has 0 aliphatic carbocycles. The molecule has 0 atom stereocenters. The highest BCUT2D eigenvalue weighted by Gasteiger charge is 2.28. The van der Waals surface area contributed by atoms with E-state index in [1.807, 2.05) is 6.92 Å². The molecule has 0 bridgehead atoms. The Morgan fingerprint density at radius 2 is 2.00 bits per heavy atom. The topological polar surface area (TPSA) is 78.4 Å². The highest BCUT2D eigenvalue weighted by atomic mass is 16.4. The van der Waals surface area contributed by atoms with Gasteiger partial charge in [-0.2, -0.15) is 0 Å². The van der Waals surface area contributed by atoms with Gasteiger partial charge in [0.15, 0.2) is 0 Å². The fourth-order valence-corrected chi connectivity index (χ4v) is 0.651. The Bertz CT molecular complexity index is 246. The van der Waals surface area contributed by atoms with Crippen LogP contribution < -0.4 is 10.6 Å². The Kier molecular flexibility index (Phi) is 4.69. The Balaban J connectivity index is 4.00. The van der Waals surface area contributed by atoms with Crippen LogP contribution >= 0.6 is 0 Å². The van der Waals surface area contributed by atoms with Gasteiger partial charge in [-0.15, -0.1) is 0 Å². The first kappa shape index (κ1) is 12.5. The molecule has 0 aliphatic rings. The average molecular weight is 200 g/mol. The number of nitrogens with one attached hydrogen (secondary N) is 2. The van der Waals surface area contributed by atoms with Crippen molar-refractivity contribution in [3.8, 4) is 0 Å². The van der Waals surface area contributed by atoms with E-state index >= 15 is 0 Å². The largest absolute Gasteiger partial charge is 0.480 e. The van der Waals surface area contributed by atoms with Crippen LogP contribution in [-0.4, -0.2) is 29.2 Å². The Hall–Kier alpha value is -1.52. The highest BCUT2D eigenvalue weighted by Crippen LogP contribution is 2.00. The van der Waals surface area contributed by atoms with Gasteiger partial charge >= 0.3 is 12.0 Å². The fourth-order valence-electron chi connectivity index (χ4n) is 0.651. The van der Waals surface area contributed by atoms with Crippen molar-refractivity contribution in [1.82, 2.24) is 10.6 Å². The second kappa shape index (κ2) is 5.26. The molecule has 5 nitrogen and oxygen atoms in total. The van der Waals surface area contributed by atoms with E-state index in [1.54, 1.807) is 12.2 Å². The molecule has 0 spiro atoms. The van der Waals surface area contributed by atoms with E-state index in [2.05, 4.69) is 10.6 Å². The number of rotatable bonds is 4. The highest BCUT2D eigenvalue weighted by molar-refractivity contribution is 5.85. The summed E-state index contributed by atoms with van der Waals surface area (Å²) in [4.78, 5) is 21.7. The molecule has 0 heterocycles. The van der Waals surface area contributed by atoms with Gasteiger partial charge in [0.2, 0.25) is 0 Å². The van der Waals surface area contributed by atoms with E-state index in [0.29, 0.717) is 6.54 Å². The lowest BCUT2D eigenvalue weighted by Crippen LogP contribution is -2.53. The van der Waals surface area contributed by atoms with Crippen molar-refractivity contribution >= 4 is 12.0 Å². The minimum atomic E-state index is -1.25. The molecule has 0 aromatic rings. The SMILES string of the molecule is C/C=C/CNC(=O)NC(C)(C)C(=O)O. The number of carboxylic acids is 1. The Labute approximate surface area is 83.2 Å². The quantitative estimate of drug-likeness (QED) is 0.585. The number of urea groups is 1. The molecular formula is C9H16N2O3. The molecule has 80 valence electrons. The molecule has 0 rings (SSSR count). The lowest BCUT2D eigenvalue weighted by atomic mass is 10.1. The van der Waals surface area contributed by atoms with Crippen molar-refractivity contribution in [3.05, 3.63) is 12.2 Å². The van der Waals surface area contributed by atoms with Gasteiger partial charge in [0.1, 0.15) is 5.54 Å². The number of aliphatic carboxylic acids is 1. The van der Waals surface area contributed by atoms with Crippen LogP contribution in [-0.2, 0) is 4.79 Å². The number of amides is 2. The average Bonchev–Trinajstić information content (AvgIpc) is 2.03. The summed E-state index contributed by atoms with van der Waals surface area (Å²) in [6.07, 6.45) is 3.55. The molecule has 5 heteroatoms. The van der Waals surface area contributed by atoms with Crippen LogP contribution in [0.25, 0.3) is 0 Å². The minimum Gasteiger partial charge on any atom is -0.480 e. The summed E-state index contributed by atoms with van der Waals surface area (Å²) < 4.78 is 0. The van der Waals surface area contributed by atoms with Crippen molar-refractivity contribution in [2.45, 2.75) is 26.3 Å². The molecule has 14 heavy (non-hydrogen) atoms. The summed E-state index contributed by atoms with van der Waals surface area (Å²) >= 11 is 0. The second-order valence-electron chi connectivity index (χ2n) is 3.33. The van der Waals surface area contributed by atoms with Gasteiger partial charge in [0, 0.05) is 6.54 Å². The minimum absolute atomic E-state index is 0.387. The van der Waals surface area contributed by atoms with E-state index in [1.165, 1.54) is 13.8 Å². The van der Waals surface area contributed by atoms with E-state index in [-0.39, 0.29) is 0 Å². The van der Waals surface area contributed by atoms with Gasteiger partial charge in [-0.3, -0.25) is 0 Å². The predicted octanol–water partition coefficient (Wildman–Crippen LogP) is 0.725. The molecule has 0 aromatic carbocycles. The first-order valence-electron chi connectivity index (χ1n) is 4.30. The third kappa shape index (κ3) is 4.49. The molecule has 0 fully saturated rings. The maximum absolute atomic E-state index is 11.1. The van der Waals surface area contributed by atoms with E-state index in [0.717, 1.165) is 0 Å². The molecular weight excluding hydrogens is 184 g/mol. The van der Waals surface area contributed by atoms with Crippen molar-refractivity contribution < 1.29 is 14.7 Å². The van der Waals surface area contributed by atoms with Crippen molar-refractivity contribution in [2.75, 3.05) is 6.54 Å². The summed E-state index contributed by atoms with van der Waals surface area (Å²) in [5.74, 6) is -1.07. The van der Waals surface area contributed by atoms with Gasteiger partial charge in [0.25, 0.3) is 0 Å². The van der Waals surface area contributed by atoms with Gasteiger partial charge in [-0.05, 0) is 20.8 Å². The zero-order valence-electron chi connectivity index (χ0n) is 8.63. The van der Waals surface area contributed by atoms with Gasteiger partial charge < -0.3 is 15.7 Å². The summed E-state index contributed by atoms with van der Waals surface area (Å²) in [6.45, 7) is 5.06. The molecule has 0 unspecified atom stereocenters. The van der Waals surface area contributed by atoms with Crippen LogP contribution in [0.15, 0.2) is 12.2 Å². The monoisotopic (exact) mass is 200 g/mol. The van der Waals surface area contributed by atoms with Crippen molar-refractivity contribution in [3.63, 3.8) is 0 Å². The number of hydrogen-bond donors (Lipinski definition) is 3. The molecule has 0 aromatic heterocycles. The first-order chi connectivity index (χ1) is 6.40. The number of carbonyl (C=O) groups is 2. The fraction of sp³-hybridized carbons (Fsp3) is 0.556. The second-order valence-corrected chi connectivity index (χ2v) is 3.33. The number of carbonyl (C=O) groups excluding carboxylic acids is 1. The zero-order chi connectivity index (χ0) is 11.2. The van der Waals surface area contributed by atoms with E-state index < -0.39 is 17.5 Å². The molecule has 3 N–H and O–H groups in total. The third-order valence-corrected chi connectivity index (χ3v) is 1.58. The van der Waals surface area contributed by atoms with Crippen LogP contribution in [0.1, 0.15) is 20.8 Å². The molecule has 0 saturated carbocycles. The van der Waals surface area contributed by atoms with Gasteiger partial charge in [-0.1, -0.05) is 12.2 Å². The maximum atomic E-state index is 11.1. The Morgan fingerprint density at radius 1 is 1.43 bits per heavy atom. The number of carboxylic acid groups (broad SMARTS) is 1. The molecule has 2 amide bonds. The first-order valence-corrected chi connectivity index (χ1v) is 4.30. The summed E-state index contributed by atoms with van der Waals surface area (Å²) in [5, 5.41) is 13.5. The van der Waals surface area contributed by atoms with E-state index in [9.17, 15) is 9.59 Å². The Morgan fingerprint density at radius 3 is 2.43 bits per heavy atom. The van der Waals surface area contributed by atoms with E-state index in [4.69, 9.17) is 5.11 Å². The lowest BCUT2D eigenvalue weighted by Gasteiger charge is -2.20. The van der Waals surface area contributed by atoms with Crippen molar-refractivity contribution in [1.29, 1.82) is 0 Å². The summed E-state index contributed by atoms with van der Waals surface area (Å²) in [6, 6.07) is -0.490. The smallest absolute Gasteiger partial charge is 0.328 e. The summed E-state index contributed by atoms with van der Waals surface area (Å²) in [5.41, 5.74) is -1.25. The van der Waals surface area contributed by atoms with Crippen LogP contribution in [0.4, 0.5) is 4.79 Å². The molecule has 0 saturated heterocycles. The van der Waals surface area contributed by atoms with Crippen LogP contribution in [0.5, 0.6) is 0 Å². The van der Waals surface area contributed by atoms with Gasteiger partial charge in [-0.25, -0.2) is 9.59 Å². The van der Waals surface area contributed by atoms with Crippen LogP contribution in [0, 0.1) is 0 Å². The maximum Gasteiger partial charge on any atom is 0.328 e. The van der Waals surface area contributed by atoms with Crippen LogP contribution in [0.3, 0.4) is 0 Å². The number of hydrogen-bond acceptors (Lipinski definition) is 2. The summed E-state index contributed by atoms with van der Waals surface area (Å²) in [7, 11) is 0. The zero-order valence-corrected chi connectivity index (χ0v) is 8.63. The predicted molar refractivity (Wildman–Crippen MR) is 53.1 cm³/mol. The van der Waals surface area contributed by atoms with Gasteiger partial charge in [0.05, 0.1) is 0 Å². The molecule has 0 aliphatic heterocycles. The molecule has 0 radical (unpaired) electrons.